The molecule has 0 heterocycles. The van der Waals surface area contributed by atoms with Crippen LogP contribution in [-0.2, 0) is 4.79 Å². The minimum atomic E-state index is -0.464. The Hall–Kier alpha value is -0.690. The van der Waals surface area contributed by atoms with Crippen LogP contribution in [0.3, 0.4) is 0 Å². The van der Waals surface area contributed by atoms with Crippen molar-refractivity contribution in [1.29, 1.82) is 0 Å². The monoisotopic (exact) mass is 274 g/mol. The third-order valence-corrected chi connectivity index (χ3v) is 2.63. The SMILES string of the molecule is CCCNC(=O)CCNCCNC(O)CCNCC. The molecule has 0 aliphatic rings. The first-order valence-electron chi connectivity index (χ1n) is 7.30. The van der Waals surface area contributed by atoms with E-state index in [4.69, 9.17) is 0 Å². The summed E-state index contributed by atoms with van der Waals surface area (Å²) >= 11 is 0. The molecule has 0 aliphatic carbocycles. The summed E-state index contributed by atoms with van der Waals surface area (Å²) in [6.45, 7) is 8.68. The van der Waals surface area contributed by atoms with Crippen molar-refractivity contribution in [3.05, 3.63) is 0 Å². The predicted molar refractivity (Wildman–Crippen MR) is 78.0 cm³/mol. The molecule has 0 aromatic rings. The molecule has 1 amide bonds. The van der Waals surface area contributed by atoms with E-state index in [1.165, 1.54) is 0 Å². The van der Waals surface area contributed by atoms with Gasteiger partial charge in [-0.1, -0.05) is 13.8 Å². The second-order valence-electron chi connectivity index (χ2n) is 4.46. The Balaban J connectivity index is 3.23. The molecule has 19 heavy (non-hydrogen) atoms. The average Bonchev–Trinajstić information content (AvgIpc) is 2.40. The van der Waals surface area contributed by atoms with Gasteiger partial charge in [0.25, 0.3) is 0 Å². The molecule has 0 saturated carbocycles. The summed E-state index contributed by atoms with van der Waals surface area (Å²) in [6.07, 6.45) is 1.71. The van der Waals surface area contributed by atoms with Crippen LogP contribution in [0.4, 0.5) is 0 Å². The van der Waals surface area contributed by atoms with Gasteiger partial charge in [-0.05, 0) is 25.9 Å². The van der Waals surface area contributed by atoms with E-state index in [0.29, 0.717) is 25.9 Å². The lowest BCUT2D eigenvalue weighted by molar-refractivity contribution is -0.120. The van der Waals surface area contributed by atoms with Crippen LogP contribution >= 0.6 is 0 Å². The normalized spacial score (nSPS) is 12.4. The van der Waals surface area contributed by atoms with E-state index >= 15 is 0 Å². The molecule has 0 aliphatic heterocycles. The number of aliphatic hydroxyl groups is 1. The maximum absolute atomic E-state index is 11.3. The van der Waals surface area contributed by atoms with E-state index in [0.717, 1.165) is 32.6 Å². The number of nitrogens with one attached hydrogen (secondary N) is 4. The standard InChI is InChI=1S/C13H30N4O2/c1-3-7-16-12(18)6-9-15-10-11-17-13(19)5-8-14-4-2/h13-15,17,19H,3-11H2,1-2H3,(H,16,18). The summed E-state index contributed by atoms with van der Waals surface area (Å²) < 4.78 is 0. The van der Waals surface area contributed by atoms with Crippen LogP contribution in [-0.4, -0.2) is 56.5 Å². The van der Waals surface area contributed by atoms with Gasteiger partial charge in [0, 0.05) is 32.6 Å². The molecular weight excluding hydrogens is 244 g/mol. The number of carbonyl (C=O) groups excluding carboxylic acids is 1. The van der Waals surface area contributed by atoms with E-state index in [-0.39, 0.29) is 5.91 Å². The molecule has 0 spiro atoms. The lowest BCUT2D eigenvalue weighted by Gasteiger charge is -2.13. The van der Waals surface area contributed by atoms with Crippen molar-refractivity contribution in [2.75, 3.05) is 39.3 Å². The molecule has 0 aromatic carbocycles. The molecule has 0 aromatic heterocycles. The highest BCUT2D eigenvalue weighted by Gasteiger charge is 2.02. The van der Waals surface area contributed by atoms with Crippen molar-refractivity contribution in [3.63, 3.8) is 0 Å². The van der Waals surface area contributed by atoms with Gasteiger partial charge in [0.05, 0.1) is 0 Å². The van der Waals surface area contributed by atoms with Gasteiger partial charge in [-0.2, -0.15) is 0 Å². The Morgan fingerprint density at radius 1 is 1.05 bits per heavy atom. The average molecular weight is 274 g/mol. The third kappa shape index (κ3) is 13.5. The van der Waals surface area contributed by atoms with Crippen LogP contribution in [0.1, 0.15) is 33.1 Å². The van der Waals surface area contributed by atoms with E-state index < -0.39 is 6.23 Å². The molecule has 0 fully saturated rings. The lowest BCUT2D eigenvalue weighted by atomic mass is 10.3. The Kier molecular flexibility index (Phi) is 13.2. The highest BCUT2D eigenvalue weighted by molar-refractivity contribution is 5.75. The quantitative estimate of drug-likeness (QED) is 0.229. The molecule has 6 heteroatoms. The highest BCUT2D eigenvalue weighted by Crippen LogP contribution is 1.84. The van der Waals surface area contributed by atoms with Gasteiger partial charge < -0.3 is 21.1 Å². The van der Waals surface area contributed by atoms with Crippen LogP contribution in [0.2, 0.25) is 0 Å². The Labute approximate surface area is 116 Å². The van der Waals surface area contributed by atoms with Crippen molar-refractivity contribution in [2.45, 2.75) is 39.3 Å². The third-order valence-electron chi connectivity index (χ3n) is 2.63. The minimum absolute atomic E-state index is 0.0907. The number of aliphatic hydroxyl groups excluding tert-OH is 1. The number of carbonyl (C=O) groups is 1. The molecule has 114 valence electrons. The topological polar surface area (TPSA) is 85.4 Å². The summed E-state index contributed by atoms with van der Waals surface area (Å²) in [4.78, 5) is 11.3. The van der Waals surface area contributed by atoms with Gasteiger partial charge in [0.15, 0.2) is 0 Å². The first kappa shape index (κ1) is 18.3. The molecule has 1 unspecified atom stereocenters. The van der Waals surface area contributed by atoms with Gasteiger partial charge in [-0.25, -0.2) is 0 Å². The zero-order chi connectivity index (χ0) is 14.3. The number of hydrogen-bond acceptors (Lipinski definition) is 5. The van der Waals surface area contributed by atoms with E-state index in [1.54, 1.807) is 0 Å². The first-order valence-corrected chi connectivity index (χ1v) is 7.30. The maximum atomic E-state index is 11.3. The minimum Gasteiger partial charge on any atom is -0.379 e. The van der Waals surface area contributed by atoms with Gasteiger partial charge in [-0.15, -0.1) is 0 Å². The molecule has 0 saturated heterocycles. The Morgan fingerprint density at radius 2 is 1.84 bits per heavy atom. The second kappa shape index (κ2) is 13.7. The molecule has 5 N–H and O–H groups in total. The van der Waals surface area contributed by atoms with Gasteiger partial charge in [0.1, 0.15) is 6.23 Å². The first-order chi connectivity index (χ1) is 9.20. The van der Waals surface area contributed by atoms with Crippen LogP contribution in [0, 0.1) is 0 Å². The highest BCUT2D eigenvalue weighted by atomic mass is 16.3. The molecule has 0 radical (unpaired) electrons. The fraction of sp³-hybridized carbons (Fsp3) is 0.923. The fourth-order valence-corrected chi connectivity index (χ4v) is 1.52. The fourth-order valence-electron chi connectivity index (χ4n) is 1.52. The summed E-state index contributed by atoms with van der Waals surface area (Å²) in [7, 11) is 0. The number of amides is 1. The maximum Gasteiger partial charge on any atom is 0.221 e. The predicted octanol–water partition coefficient (Wildman–Crippen LogP) is -0.600. The molecule has 6 nitrogen and oxygen atoms in total. The van der Waals surface area contributed by atoms with Crippen LogP contribution in [0.15, 0.2) is 0 Å². The smallest absolute Gasteiger partial charge is 0.221 e. The van der Waals surface area contributed by atoms with Crippen molar-refractivity contribution >= 4 is 5.91 Å². The van der Waals surface area contributed by atoms with Crippen molar-refractivity contribution in [3.8, 4) is 0 Å². The van der Waals surface area contributed by atoms with Gasteiger partial charge in [-0.3, -0.25) is 10.1 Å². The van der Waals surface area contributed by atoms with Crippen molar-refractivity contribution < 1.29 is 9.90 Å². The molecule has 1 atom stereocenters. The molecule has 0 rings (SSSR count). The second-order valence-corrected chi connectivity index (χ2v) is 4.46. The molecule has 0 bridgehead atoms. The van der Waals surface area contributed by atoms with Crippen LogP contribution in [0.5, 0.6) is 0 Å². The van der Waals surface area contributed by atoms with Crippen molar-refractivity contribution in [1.82, 2.24) is 21.3 Å². The lowest BCUT2D eigenvalue weighted by Crippen LogP contribution is -2.37. The number of rotatable bonds is 13. The number of hydrogen-bond donors (Lipinski definition) is 5. The van der Waals surface area contributed by atoms with E-state index in [9.17, 15) is 9.90 Å². The largest absolute Gasteiger partial charge is 0.379 e. The summed E-state index contributed by atoms with van der Waals surface area (Å²) in [5.74, 6) is 0.0907. The Bertz CT molecular complexity index is 215. The van der Waals surface area contributed by atoms with E-state index in [1.807, 2.05) is 13.8 Å². The van der Waals surface area contributed by atoms with Gasteiger partial charge in [0.2, 0.25) is 5.91 Å². The zero-order valence-corrected chi connectivity index (χ0v) is 12.3. The summed E-state index contributed by atoms with van der Waals surface area (Å²) in [5.41, 5.74) is 0. The molecular formula is C13H30N4O2. The van der Waals surface area contributed by atoms with Crippen molar-refractivity contribution in [2.24, 2.45) is 0 Å². The van der Waals surface area contributed by atoms with Gasteiger partial charge >= 0.3 is 0 Å². The van der Waals surface area contributed by atoms with Crippen LogP contribution in [0.25, 0.3) is 0 Å². The zero-order valence-electron chi connectivity index (χ0n) is 12.3. The summed E-state index contributed by atoms with van der Waals surface area (Å²) in [5, 5.41) is 21.7. The van der Waals surface area contributed by atoms with Crippen LogP contribution < -0.4 is 21.3 Å². The Morgan fingerprint density at radius 3 is 2.53 bits per heavy atom. The summed E-state index contributed by atoms with van der Waals surface area (Å²) in [6, 6.07) is 0. The van der Waals surface area contributed by atoms with E-state index in [2.05, 4.69) is 21.3 Å².